The van der Waals surface area contributed by atoms with Gasteiger partial charge in [0.05, 0.1) is 19.5 Å². The third-order valence-corrected chi connectivity index (χ3v) is 16.2. The molecule has 198 valence electrons. The predicted molar refractivity (Wildman–Crippen MR) is 154 cm³/mol. The molecule has 0 unspecified atom stereocenters. The second-order valence-electron chi connectivity index (χ2n) is 12.4. The average Bonchev–Trinajstić information content (AvgIpc) is 3.54. The highest BCUT2D eigenvalue weighted by Crippen LogP contribution is 2.56. The minimum atomic E-state index is -3.66. The lowest BCUT2D eigenvalue weighted by molar-refractivity contribution is 0.518. The minimum absolute atomic E-state index is 0.163. The van der Waals surface area contributed by atoms with Crippen molar-refractivity contribution in [3.8, 4) is 0 Å². The van der Waals surface area contributed by atoms with Gasteiger partial charge < -0.3 is 9.88 Å². The maximum Gasteiger partial charge on any atom is 0.230 e. The van der Waals surface area contributed by atoms with Gasteiger partial charge in [-0.05, 0) is 59.4 Å². The normalized spacial score (nSPS) is 24.7. The number of aryl methyl sites for hydroxylation is 1. The molecule has 0 saturated heterocycles. The van der Waals surface area contributed by atoms with E-state index in [9.17, 15) is 8.42 Å². The number of allylic oxidation sites excluding steroid dienone is 1. The molecule has 0 aliphatic heterocycles. The fourth-order valence-electron chi connectivity index (χ4n) is 6.33. The van der Waals surface area contributed by atoms with E-state index < -0.39 is 18.1 Å². The lowest BCUT2D eigenvalue weighted by Crippen LogP contribution is -2.43. The van der Waals surface area contributed by atoms with Crippen molar-refractivity contribution in [2.45, 2.75) is 82.2 Å². The van der Waals surface area contributed by atoms with E-state index in [1.165, 1.54) is 16.5 Å². The van der Waals surface area contributed by atoms with Gasteiger partial charge in [0.15, 0.2) is 0 Å². The first-order valence-electron chi connectivity index (χ1n) is 13.2. The van der Waals surface area contributed by atoms with Crippen molar-refractivity contribution in [2.75, 3.05) is 5.32 Å². The van der Waals surface area contributed by atoms with Crippen LogP contribution in [0, 0.1) is 5.92 Å². The summed E-state index contributed by atoms with van der Waals surface area (Å²) in [5, 5.41) is 11.5. The summed E-state index contributed by atoms with van der Waals surface area (Å²) in [5.74, 6) is 1.03. The van der Waals surface area contributed by atoms with Gasteiger partial charge >= 0.3 is 0 Å². The number of hydrogen-bond acceptors (Lipinski definition) is 5. The van der Waals surface area contributed by atoms with Crippen molar-refractivity contribution in [2.24, 2.45) is 11.1 Å². The fourth-order valence-corrected chi connectivity index (χ4v) is 10.0. The zero-order valence-corrected chi connectivity index (χ0v) is 24.3. The van der Waals surface area contributed by atoms with Crippen molar-refractivity contribution in [3.63, 3.8) is 0 Å². The number of nitrogens with one attached hydrogen (secondary N) is 1. The second-order valence-corrected chi connectivity index (χ2v) is 19.5. The van der Waals surface area contributed by atoms with Gasteiger partial charge in [-0.15, -0.1) is 0 Å². The maximum atomic E-state index is 11.8. The standard InChI is InChI=1S/C28H39N5O2SSi/c1-28(2,3)37(4,5)25-17-21(16-20(25)13-15-36(29,34)35)33-14-12-23-26(30-18-31-27(23)33)32-24-11-10-19-8-6-7-9-22(19)24/h6-9,12-15,18,20-21,24-25H,10-11,16-17H2,1-5H3,(H2,29,34,35)(H,30,31,32)/t20-,21-,24+,25+/m1/s1. The van der Waals surface area contributed by atoms with Crippen molar-refractivity contribution in [1.82, 2.24) is 14.5 Å². The van der Waals surface area contributed by atoms with Gasteiger partial charge in [0.25, 0.3) is 0 Å². The first kappa shape index (κ1) is 26.1. The zero-order chi connectivity index (χ0) is 26.6. The molecule has 5 rings (SSSR count). The third-order valence-electron chi connectivity index (χ3n) is 9.31. The minimum Gasteiger partial charge on any atom is -0.363 e. The number of hydrogen-bond donors (Lipinski definition) is 2. The number of nitrogens with two attached hydrogens (primary N) is 1. The van der Waals surface area contributed by atoms with Gasteiger partial charge in [0, 0.05) is 17.6 Å². The topological polar surface area (TPSA) is 103 Å². The molecule has 0 radical (unpaired) electrons. The van der Waals surface area contributed by atoms with Gasteiger partial charge in [-0.1, -0.05) is 64.2 Å². The highest BCUT2D eigenvalue weighted by Gasteiger charge is 2.49. The van der Waals surface area contributed by atoms with Crippen molar-refractivity contribution in [1.29, 1.82) is 0 Å². The molecular weight excluding hydrogens is 498 g/mol. The number of benzene rings is 1. The van der Waals surface area contributed by atoms with E-state index in [2.05, 4.69) is 85.3 Å². The van der Waals surface area contributed by atoms with E-state index in [4.69, 9.17) is 10.1 Å². The summed E-state index contributed by atoms with van der Waals surface area (Å²) in [5.41, 5.74) is 4.12. The number of aromatic nitrogens is 3. The third kappa shape index (κ3) is 5.01. The Morgan fingerprint density at radius 3 is 2.62 bits per heavy atom. The number of nitrogens with zero attached hydrogens (tertiary/aromatic N) is 3. The Labute approximate surface area is 221 Å². The average molecular weight is 538 g/mol. The summed E-state index contributed by atoms with van der Waals surface area (Å²) in [6.45, 7) is 11.9. The van der Waals surface area contributed by atoms with Crippen LogP contribution in [0.2, 0.25) is 23.7 Å². The lowest BCUT2D eigenvalue weighted by Gasteiger charge is -2.44. The van der Waals surface area contributed by atoms with Gasteiger partial charge in [0.2, 0.25) is 10.0 Å². The molecule has 1 saturated carbocycles. The van der Waals surface area contributed by atoms with Crippen LogP contribution < -0.4 is 10.5 Å². The van der Waals surface area contributed by atoms with E-state index in [-0.39, 0.29) is 23.0 Å². The Balaban J connectivity index is 1.46. The first-order chi connectivity index (χ1) is 17.3. The zero-order valence-electron chi connectivity index (χ0n) is 22.5. The quantitative estimate of drug-likeness (QED) is 0.366. The Hall–Kier alpha value is -2.49. The molecule has 1 aromatic carbocycles. The number of primary sulfonamides is 1. The summed E-state index contributed by atoms with van der Waals surface area (Å²) < 4.78 is 25.8. The molecule has 0 spiro atoms. The van der Waals surface area contributed by atoms with Gasteiger partial charge in [-0.3, -0.25) is 0 Å². The van der Waals surface area contributed by atoms with Gasteiger partial charge in [0.1, 0.15) is 17.8 Å². The van der Waals surface area contributed by atoms with Crippen LogP contribution in [0.4, 0.5) is 5.82 Å². The Morgan fingerprint density at radius 2 is 1.89 bits per heavy atom. The van der Waals surface area contributed by atoms with Crippen molar-refractivity contribution < 1.29 is 8.42 Å². The van der Waals surface area contributed by atoms with Gasteiger partial charge in [-0.2, -0.15) is 0 Å². The van der Waals surface area contributed by atoms with E-state index in [0.717, 1.165) is 42.5 Å². The van der Waals surface area contributed by atoms with Crippen LogP contribution in [0.25, 0.3) is 11.0 Å². The molecule has 3 aromatic rings. The van der Waals surface area contributed by atoms with Crippen molar-refractivity contribution in [3.05, 3.63) is 65.5 Å². The number of fused-ring (bicyclic) bond motifs is 2. The summed E-state index contributed by atoms with van der Waals surface area (Å²) >= 11 is 0. The molecule has 4 atom stereocenters. The van der Waals surface area contributed by atoms with Crippen LogP contribution in [0.15, 0.2) is 54.3 Å². The van der Waals surface area contributed by atoms with E-state index in [1.807, 2.05) is 6.08 Å². The molecule has 37 heavy (non-hydrogen) atoms. The predicted octanol–water partition coefficient (Wildman–Crippen LogP) is 6.16. The molecule has 1 fully saturated rings. The molecule has 2 heterocycles. The van der Waals surface area contributed by atoms with Crippen LogP contribution in [-0.4, -0.2) is 31.0 Å². The van der Waals surface area contributed by atoms with E-state index in [1.54, 1.807) is 6.33 Å². The van der Waals surface area contributed by atoms with Crippen LogP contribution in [0.3, 0.4) is 0 Å². The molecule has 3 N–H and O–H groups in total. The van der Waals surface area contributed by atoms with Crippen LogP contribution in [-0.2, 0) is 16.4 Å². The Kier molecular flexibility index (Phi) is 6.61. The maximum absolute atomic E-state index is 11.8. The van der Waals surface area contributed by atoms with Crippen LogP contribution >= 0.6 is 0 Å². The summed E-state index contributed by atoms with van der Waals surface area (Å²) in [6.07, 6.45) is 9.64. The Bertz CT molecular complexity index is 1440. The molecule has 2 aliphatic carbocycles. The summed E-state index contributed by atoms with van der Waals surface area (Å²) in [7, 11) is -5.43. The second kappa shape index (κ2) is 9.36. The van der Waals surface area contributed by atoms with Crippen LogP contribution in [0.5, 0.6) is 0 Å². The number of sulfonamides is 1. The van der Waals surface area contributed by atoms with Crippen molar-refractivity contribution >= 4 is 34.9 Å². The SMILES string of the molecule is CC(C)(C)[Si](C)(C)[C@H]1C[C@H](n2ccc3c(N[C@H]4CCc5ccccc54)ncnc32)C[C@H]1C=CS(N)(=O)=O. The molecule has 0 bridgehead atoms. The monoisotopic (exact) mass is 537 g/mol. The molecule has 2 aliphatic rings. The molecule has 2 aromatic heterocycles. The van der Waals surface area contributed by atoms with Crippen LogP contribution in [0.1, 0.15) is 63.2 Å². The molecule has 7 nitrogen and oxygen atoms in total. The fraction of sp³-hybridized carbons (Fsp3) is 0.500. The van der Waals surface area contributed by atoms with E-state index in [0.29, 0.717) is 5.54 Å². The lowest BCUT2D eigenvalue weighted by atomic mass is 10.1. The molecule has 0 amide bonds. The number of anilines is 1. The smallest absolute Gasteiger partial charge is 0.230 e. The largest absolute Gasteiger partial charge is 0.363 e. The first-order valence-corrected chi connectivity index (χ1v) is 17.9. The molecular formula is C28H39N5O2SSi. The highest BCUT2D eigenvalue weighted by molar-refractivity contribution is 7.92. The van der Waals surface area contributed by atoms with E-state index >= 15 is 0 Å². The molecule has 9 heteroatoms. The highest BCUT2D eigenvalue weighted by atomic mass is 32.2. The number of rotatable bonds is 6. The Morgan fingerprint density at radius 1 is 1.14 bits per heavy atom. The van der Waals surface area contributed by atoms with Gasteiger partial charge in [-0.25, -0.2) is 23.5 Å². The summed E-state index contributed by atoms with van der Waals surface area (Å²) in [4.78, 5) is 9.32. The summed E-state index contributed by atoms with van der Waals surface area (Å²) in [6, 6.07) is 11.2.